The molecule has 0 N–H and O–H groups in total. The summed E-state index contributed by atoms with van der Waals surface area (Å²) in [5, 5.41) is 8.42. The molecule has 2 heteroatoms. The fourth-order valence-corrected chi connectivity index (χ4v) is 0.989. The zero-order valence-corrected chi connectivity index (χ0v) is 5.92. The minimum atomic E-state index is 0.0998. The average molecular weight is 135 g/mol. The normalized spacial score (nSPS) is 25.4. The molecule has 0 aromatic heterocycles. The predicted molar refractivity (Wildman–Crippen MR) is 37.1 cm³/mol. The van der Waals surface area contributed by atoms with Gasteiger partial charge < -0.3 is 0 Å². The summed E-state index contributed by atoms with van der Waals surface area (Å²) in [5.41, 5.74) is 0.628. The van der Waals surface area contributed by atoms with Crippen molar-refractivity contribution in [1.82, 2.24) is 0 Å². The number of carbonyl (C=O) groups excluding carboxylic acids is 1. The van der Waals surface area contributed by atoms with Crippen molar-refractivity contribution in [3.8, 4) is 6.07 Å². The Morgan fingerprint density at radius 1 is 1.80 bits per heavy atom. The van der Waals surface area contributed by atoms with Gasteiger partial charge in [0.15, 0.2) is 5.78 Å². The second-order valence-corrected chi connectivity index (χ2v) is 2.62. The lowest BCUT2D eigenvalue weighted by atomic mass is 9.91. The summed E-state index contributed by atoms with van der Waals surface area (Å²) in [6, 6.07) is 2.00. The zero-order valence-electron chi connectivity index (χ0n) is 5.92. The summed E-state index contributed by atoms with van der Waals surface area (Å²) >= 11 is 0. The van der Waals surface area contributed by atoms with Crippen LogP contribution in [0.25, 0.3) is 0 Å². The van der Waals surface area contributed by atoms with Gasteiger partial charge in [-0.25, -0.2) is 0 Å². The van der Waals surface area contributed by atoms with Crippen LogP contribution in [0.15, 0.2) is 11.6 Å². The second kappa shape index (κ2) is 2.66. The Morgan fingerprint density at radius 3 is 3.00 bits per heavy atom. The van der Waals surface area contributed by atoms with Gasteiger partial charge >= 0.3 is 0 Å². The molecule has 0 amide bonds. The number of nitrogens with zero attached hydrogens (tertiary/aromatic N) is 1. The molecule has 1 aliphatic rings. The van der Waals surface area contributed by atoms with Gasteiger partial charge in [-0.3, -0.25) is 4.79 Å². The van der Waals surface area contributed by atoms with Crippen LogP contribution in [-0.4, -0.2) is 5.78 Å². The van der Waals surface area contributed by atoms with Crippen molar-refractivity contribution in [2.45, 2.75) is 19.8 Å². The Morgan fingerprint density at radius 2 is 2.50 bits per heavy atom. The first-order chi connectivity index (χ1) is 4.74. The van der Waals surface area contributed by atoms with Gasteiger partial charge in [0.1, 0.15) is 0 Å². The number of rotatable bonds is 0. The van der Waals surface area contributed by atoms with E-state index in [1.165, 1.54) is 6.08 Å². The minimum absolute atomic E-state index is 0.0998. The van der Waals surface area contributed by atoms with Crippen molar-refractivity contribution in [1.29, 1.82) is 5.26 Å². The molecule has 0 heterocycles. The van der Waals surface area contributed by atoms with Crippen LogP contribution < -0.4 is 0 Å². The Labute approximate surface area is 60.2 Å². The van der Waals surface area contributed by atoms with Crippen LogP contribution in [0.4, 0.5) is 0 Å². The lowest BCUT2D eigenvalue weighted by Gasteiger charge is -2.11. The Balaban J connectivity index is 2.78. The van der Waals surface area contributed by atoms with E-state index in [-0.39, 0.29) is 11.7 Å². The first kappa shape index (κ1) is 7.01. The molecular weight excluding hydrogens is 126 g/mol. The molecule has 1 aliphatic carbocycles. The van der Waals surface area contributed by atoms with Gasteiger partial charge in [-0.15, -0.1) is 0 Å². The SMILES string of the molecule is CC1CCC(C#N)=CC1=O. The highest BCUT2D eigenvalue weighted by Crippen LogP contribution is 2.19. The zero-order chi connectivity index (χ0) is 7.56. The molecule has 1 rings (SSSR count). The maximum absolute atomic E-state index is 10.9. The molecule has 2 nitrogen and oxygen atoms in total. The Kier molecular flexibility index (Phi) is 1.86. The van der Waals surface area contributed by atoms with Crippen LogP contribution in [0.5, 0.6) is 0 Å². The molecule has 0 spiro atoms. The highest BCUT2D eigenvalue weighted by Gasteiger charge is 2.16. The van der Waals surface area contributed by atoms with Crippen LogP contribution in [0.2, 0.25) is 0 Å². The van der Waals surface area contributed by atoms with Crippen molar-refractivity contribution in [2.24, 2.45) is 5.92 Å². The summed E-state index contributed by atoms with van der Waals surface area (Å²) in [5.74, 6) is 0.222. The molecule has 0 aromatic rings. The third kappa shape index (κ3) is 1.24. The summed E-state index contributed by atoms with van der Waals surface area (Å²) in [7, 11) is 0. The molecule has 0 saturated heterocycles. The maximum Gasteiger partial charge on any atom is 0.159 e. The summed E-state index contributed by atoms with van der Waals surface area (Å²) in [6.07, 6.45) is 3.07. The molecule has 0 saturated carbocycles. The van der Waals surface area contributed by atoms with Gasteiger partial charge in [0.2, 0.25) is 0 Å². The number of hydrogen-bond donors (Lipinski definition) is 0. The molecule has 0 aromatic carbocycles. The van der Waals surface area contributed by atoms with E-state index in [2.05, 4.69) is 0 Å². The monoisotopic (exact) mass is 135 g/mol. The number of ketones is 1. The molecule has 1 unspecified atom stereocenters. The molecular formula is C8H9NO. The van der Waals surface area contributed by atoms with Gasteiger partial charge in [0.25, 0.3) is 0 Å². The van der Waals surface area contributed by atoms with Crippen molar-refractivity contribution in [3.05, 3.63) is 11.6 Å². The quantitative estimate of drug-likeness (QED) is 0.504. The molecule has 0 radical (unpaired) electrons. The van der Waals surface area contributed by atoms with E-state index < -0.39 is 0 Å². The predicted octanol–water partition coefficient (Wildman–Crippen LogP) is 1.44. The van der Waals surface area contributed by atoms with Crippen LogP contribution in [0, 0.1) is 17.2 Å². The molecule has 1 atom stereocenters. The summed E-state index contributed by atoms with van der Waals surface area (Å²) < 4.78 is 0. The largest absolute Gasteiger partial charge is 0.295 e. The number of nitriles is 1. The van der Waals surface area contributed by atoms with Gasteiger partial charge in [0.05, 0.1) is 6.07 Å². The van der Waals surface area contributed by atoms with Crippen molar-refractivity contribution < 1.29 is 4.79 Å². The maximum atomic E-state index is 10.9. The van der Waals surface area contributed by atoms with Crippen molar-refractivity contribution >= 4 is 5.78 Å². The standard InChI is InChI=1S/C8H9NO/c1-6-2-3-7(5-9)4-8(6)10/h4,6H,2-3H2,1H3. The molecule has 0 aliphatic heterocycles. The van der Waals surface area contributed by atoms with Crippen molar-refractivity contribution in [3.63, 3.8) is 0 Å². The Bertz CT molecular complexity index is 222. The van der Waals surface area contributed by atoms with Gasteiger partial charge in [-0.1, -0.05) is 6.92 Å². The molecule has 10 heavy (non-hydrogen) atoms. The average Bonchev–Trinajstić information content (AvgIpc) is 1.95. The van der Waals surface area contributed by atoms with Crippen molar-refractivity contribution in [2.75, 3.05) is 0 Å². The lowest BCUT2D eigenvalue weighted by molar-refractivity contribution is -0.118. The molecule has 0 fully saturated rings. The van der Waals surface area contributed by atoms with E-state index in [1.807, 2.05) is 13.0 Å². The van der Waals surface area contributed by atoms with E-state index in [9.17, 15) is 4.79 Å². The third-order valence-electron chi connectivity index (χ3n) is 1.79. The topological polar surface area (TPSA) is 40.9 Å². The first-order valence-electron chi connectivity index (χ1n) is 3.38. The number of allylic oxidation sites excluding steroid dienone is 2. The highest BCUT2D eigenvalue weighted by molar-refractivity contribution is 5.93. The summed E-state index contributed by atoms with van der Waals surface area (Å²) in [6.45, 7) is 1.90. The highest BCUT2D eigenvalue weighted by atomic mass is 16.1. The molecule has 52 valence electrons. The van der Waals surface area contributed by atoms with Crippen LogP contribution >= 0.6 is 0 Å². The van der Waals surface area contributed by atoms with Crippen LogP contribution in [0.3, 0.4) is 0 Å². The van der Waals surface area contributed by atoms with Crippen LogP contribution in [-0.2, 0) is 4.79 Å². The Hall–Kier alpha value is -1.10. The van der Waals surface area contributed by atoms with E-state index in [4.69, 9.17) is 5.26 Å². The molecule has 0 bridgehead atoms. The fourth-order valence-electron chi connectivity index (χ4n) is 0.989. The van der Waals surface area contributed by atoms with Crippen LogP contribution in [0.1, 0.15) is 19.8 Å². The lowest BCUT2D eigenvalue weighted by Crippen LogP contribution is -2.13. The smallest absolute Gasteiger partial charge is 0.159 e. The minimum Gasteiger partial charge on any atom is -0.295 e. The van der Waals surface area contributed by atoms with Gasteiger partial charge in [0, 0.05) is 11.5 Å². The van der Waals surface area contributed by atoms with Gasteiger partial charge in [-0.05, 0) is 18.9 Å². The third-order valence-corrected chi connectivity index (χ3v) is 1.79. The second-order valence-electron chi connectivity index (χ2n) is 2.62. The van der Waals surface area contributed by atoms with E-state index in [0.717, 1.165) is 12.8 Å². The summed E-state index contributed by atoms with van der Waals surface area (Å²) in [4.78, 5) is 10.9. The van der Waals surface area contributed by atoms with Gasteiger partial charge in [-0.2, -0.15) is 5.26 Å². The number of hydrogen-bond acceptors (Lipinski definition) is 2. The van der Waals surface area contributed by atoms with E-state index >= 15 is 0 Å². The van der Waals surface area contributed by atoms with E-state index in [0.29, 0.717) is 5.57 Å². The van der Waals surface area contributed by atoms with E-state index in [1.54, 1.807) is 0 Å². The number of carbonyl (C=O) groups is 1. The fraction of sp³-hybridized carbons (Fsp3) is 0.500. The first-order valence-corrected chi connectivity index (χ1v) is 3.38.